The lowest BCUT2D eigenvalue weighted by Gasteiger charge is -2.34. The fourth-order valence-electron chi connectivity index (χ4n) is 3.06. The first kappa shape index (κ1) is 18.0. The van der Waals surface area contributed by atoms with Gasteiger partial charge in [0.05, 0.1) is 5.56 Å². The van der Waals surface area contributed by atoms with Crippen molar-refractivity contribution in [1.82, 2.24) is 4.90 Å². The van der Waals surface area contributed by atoms with E-state index in [1.165, 1.54) is 6.92 Å². The van der Waals surface area contributed by atoms with Crippen LogP contribution >= 0.6 is 0 Å². The normalized spacial score (nSPS) is 20.4. The molecule has 1 fully saturated rings. The molecule has 1 aromatic carbocycles. The van der Waals surface area contributed by atoms with E-state index in [-0.39, 0.29) is 18.4 Å². The first-order chi connectivity index (χ1) is 11.3. The van der Waals surface area contributed by atoms with Gasteiger partial charge in [-0.1, -0.05) is 13.8 Å². The number of nitrogens with zero attached hydrogens (tertiary/aromatic N) is 1. The Hall–Kier alpha value is -2.37. The van der Waals surface area contributed by atoms with Gasteiger partial charge in [-0.15, -0.1) is 0 Å². The average molecular weight is 332 g/mol. The number of piperidine rings is 1. The second-order valence-corrected chi connectivity index (χ2v) is 6.58. The molecule has 1 aromatic rings. The van der Waals surface area contributed by atoms with Crippen molar-refractivity contribution in [2.75, 3.05) is 25.0 Å². The summed E-state index contributed by atoms with van der Waals surface area (Å²) in [5, 5.41) is 2.62. The Balaban J connectivity index is 1.86. The molecule has 1 heterocycles. The minimum absolute atomic E-state index is 0.156. The summed E-state index contributed by atoms with van der Waals surface area (Å²) in [6, 6.07) is 6.36. The van der Waals surface area contributed by atoms with Gasteiger partial charge in [0.1, 0.15) is 0 Å². The Bertz CT molecular complexity index is 602. The summed E-state index contributed by atoms with van der Waals surface area (Å²) >= 11 is 0. The highest BCUT2D eigenvalue weighted by Crippen LogP contribution is 2.21. The second kappa shape index (κ2) is 7.95. The van der Waals surface area contributed by atoms with Crippen LogP contribution in [0.5, 0.6) is 0 Å². The fourth-order valence-corrected chi connectivity index (χ4v) is 3.06. The SMILES string of the molecule is CC(=O)Nc1ccc(C(=O)OCC(=O)N2C[C@H](C)C[C@@H](C)C2)cc1. The molecule has 1 aliphatic rings. The standard InChI is InChI=1S/C18H24N2O4/c1-12-8-13(2)10-20(9-12)17(22)11-24-18(23)15-4-6-16(7-5-15)19-14(3)21/h4-7,12-13H,8-11H2,1-3H3,(H,19,21)/t12-,13-/m1/s1. The molecule has 0 radical (unpaired) electrons. The maximum atomic E-state index is 12.2. The van der Waals surface area contributed by atoms with Crippen molar-refractivity contribution in [2.45, 2.75) is 27.2 Å². The van der Waals surface area contributed by atoms with Crippen molar-refractivity contribution in [3.63, 3.8) is 0 Å². The lowest BCUT2D eigenvalue weighted by atomic mass is 9.92. The number of carbonyl (C=O) groups excluding carboxylic acids is 3. The van der Waals surface area contributed by atoms with Gasteiger partial charge in [-0.25, -0.2) is 4.79 Å². The maximum absolute atomic E-state index is 12.2. The largest absolute Gasteiger partial charge is 0.452 e. The zero-order chi connectivity index (χ0) is 17.7. The van der Waals surface area contributed by atoms with Crippen molar-refractivity contribution in [3.8, 4) is 0 Å². The number of amides is 2. The maximum Gasteiger partial charge on any atom is 0.338 e. The Morgan fingerprint density at radius 2 is 1.71 bits per heavy atom. The number of rotatable bonds is 4. The summed E-state index contributed by atoms with van der Waals surface area (Å²) in [5.41, 5.74) is 0.948. The molecule has 130 valence electrons. The van der Waals surface area contributed by atoms with Crippen LogP contribution in [0.1, 0.15) is 37.6 Å². The van der Waals surface area contributed by atoms with Crippen LogP contribution < -0.4 is 5.32 Å². The van der Waals surface area contributed by atoms with Crippen LogP contribution in [0.3, 0.4) is 0 Å². The molecule has 0 bridgehead atoms. The van der Waals surface area contributed by atoms with Crippen molar-refractivity contribution in [3.05, 3.63) is 29.8 Å². The molecule has 0 aromatic heterocycles. The van der Waals surface area contributed by atoms with Crippen LogP contribution in [-0.2, 0) is 14.3 Å². The Kier molecular flexibility index (Phi) is 5.95. The molecule has 0 aliphatic carbocycles. The summed E-state index contributed by atoms with van der Waals surface area (Å²) in [4.78, 5) is 36.9. The lowest BCUT2D eigenvalue weighted by Crippen LogP contribution is -2.44. The van der Waals surface area contributed by atoms with Crippen molar-refractivity contribution in [1.29, 1.82) is 0 Å². The molecule has 1 N–H and O–H groups in total. The number of likely N-dealkylation sites (tertiary alicyclic amines) is 1. The van der Waals surface area contributed by atoms with Gasteiger partial charge < -0.3 is 15.0 Å². The van der Waals surface area contributed by atoms with E-state index in [0.717, 1.165) is 6.42 Å². The highest BCUT2D eigenvalue weighted by molar-refractivity contribution is 5.93. The summed E-state index contributed by atoms with van der Waals surface area (Å²) in [7, 11) is 0. The molecule has 1 saturated heterocycles. The lowest BCUT2D eigenvalue weighted by molar-refractivity contribution is -0.137. The fraction of sp³-hybridized carbons (Fsp3) is 0.500. The predicted molar refractivity (Wildman–Crippen MR) is 90.6 cm³/mol. The molecule has 0 saturated carbocycles. The molecule has 0 unspecified atom stereocenters. The molecular formula is C18H24N2O4. The summed E-state index contributed by atoms with van der Waals surface area (Å²) < 4.78 is 5.12. The molecule has 24 heavy (non-hydrogen) atoms. The summed E-state index contributed by atoms with van der Waals surface area (Å²) in [6.45, 7) is 6.84. The third kappa shape index (κ3) is 5.08. The zero-order valence-corrected chi connectivity index (χ0v) is 14.4. The van der Waals surface area contributed by atoms with Crippen LogP contribution in [0.15, 0.2) is 24.3 Å². The van der Waals surface area contributed by atoms with Crippen LogP contribution in [0, 0.1) is 11.8 Å². The van der Waals surface area contributed by atoms with E-state index in [1.807, 2.05) is 0 Å². The monoisotopic (exact) mass is 332 g/mol. The van der Waals surface area contributed by atoms with E-state index in [1.54, 1.807) is 29.2 Å². The van der Waals surface area contributed by atoms with Crippen LogP contribution in [-0.4, -0.2) is 42.4 Å². The van der Waals surface area contributed by atoms with E-state index in [9.17, 15) is 14.4 Å². The Morgan fingerprint density at radius 3 is 2.25 bits per heavy atom. The van der Waals surface area contributed by atoms with Crippen LogP contribution in [0.4, 0.5) is 5.69 Å². The van der Waals surface area contributed by atoms with E-state index >= 15 is 0 Å². The Morgan fingerprint density at radius 1 is 1.12 bits per heavy atom. The molecule has 2 atom stereocenters. The van der Waals surface area contributed by atoms with Gasteiger partial charge in [-0.05, 0) is 42.5 Å². The summed E-state index contributed by atoms with van der Waals surface area (Å²) in [6.07, 6.45) is 1.12. The number of esters is 1. The smallest absolute Gasteiger partial charge is 0.338 e. The molecule has 6 heteroatoms. The number of benzene rings is 1. The minimum Gasteiger partial charge on any atom is -0.452 e. The Labute approximate surface area is 142 Å². The number of nitrogens with one attached hydrogen (secondary N) is 1. The quantitative estimate of drug-likeness (QED) is 0.859. The number of hydrogen-bond acceptors (Lipinski definition) is 4. The van der Waals surface area contributed by atoms with E-state index in [0.29, 0.717) is 36.2 Å². The zero-order valence-electron chi connectivity index (χ0n) is 14.4. The molecule has 6 nitrogen and oxygen atoms in total. The van der Waals surface area contributed by atoms with Crippen molar-refractivity contribution in [2.24, 2.45) is 11.8 Å². The first-order valence-electron chi connectivity index (χ1n) is 8.17. The van der Waals surface area contributed by atoms with E-state index in [2.05, 4.69) is 19.2 Å². The van der Waals surface area contributed by atoms with Gasteiger partial charge in [0.2, 0.25) is 5.91 Å². The second-order valence-electron chi connectivity index (χ2n) is 6.58. The van der Waals surface area contributed by atoms with Gasteiger partial charge in [0, 0.05) is 25.7 Å². The average Bonchev–Trinajstić information content (AvgIpc) is 2.51. The number of ether oxygens (including phenoxy) is 1. The van der Waals surface area contributed by atoms with E-state index < -0.39 is 5.97 Å². The van der Waals surface area contributed by atoms with Gasteiger partial charge in [0.15, 0.2) is 6.61 Å². The summed E-state index contributed by atoms with van der Waals surface area (Å²) in [5.74, 6) is 0.0535. The van der Waals surface area contributed by atoms with Crippen molar-refractivity contribution >= 4 is 23.5 Å². The molecule has 2 rings (SSSR count). The topological polar surface area (TPSA) is 75.7 Å². The minimum atomic E-state index is -0.546. The molecule has 1 aliphatic heterocycles. The van der Waals surface area contributed by atoms with Crippen molar-refractivity contribution < 1.29 is 19.1 Å². The van der Waals surface area contributed by atoms with Gasteiger partial charge >= 0.3 is 5.97 Å². The van der Waals surface area contributed by atoms with E-state index in [4.69, 9.17) is 4.74 Å². The highest BCUT2D eigenvalue weighted by atomic mass is 16.5. The van der Waals surface area contributed by atoms with Gasteiger partial charge in [-0.3, -0.25) is 9.59 Å². The van der Waals surface area contributed by atoms with Crippen LogP contribution in [0.2, 0.25) is 0 Å². The number of hydrogen-bond donors (Lipinski definition) is 1. The predicted octanol–water partition coefficient (Wildman–Crippen LogP) is 2.31. The van der Waals surface area contributed by atoms with Gasteiger partial charge in [0.25, 0.3) is 5.91 Å². The first-order valence-corrected chi connectivity index (χ1v) is 8.17. The molecule has 0 spiro atoms. The van der Waals surface area contributed by atoms with Crippen LogP contribution in [0.25, 0.3) is 0 Å². The highest BCUT2D eigenvalue weighted by Gasteiger charge is 2.26. The molecular weight excluding hydrogens is 308 g/mol. The molecule has 2 amide bonds. The van der Waals surface area contributed by atoms with Gasteiger partial charge in [-0.2, -0.15) is 0 Å². The number of anilines is 1. The third-order valence-corrected chi connectivity index (χ3v) is 3.99. The third-order valence-electron chi connectivity index (χ3n) is 3.99. The number of carbonyl (C=O) groups is 3.